The first-order chi connectivity index (χ1) is 16.3. The molecule has 0 spiro atoms. The maximum atomic E-state index is 4.46. The molecule has 1 unspecified atom stereocenters. The molecule has 3 heteroatoms. The maximum absolute atomic E-state index is 4.46. The third-order valence-corrected chi connectivity index (χ3v) is 6.99. The normalized spacial score (nSPS) is 16.9. The maximum Gasteiger partial charge on any atom is 0.0483 e. The Labute approximate surface area is 208 Å². The lowest BCUT2D eigenvalue weighted by atomic mass is 9.82. The van der Waals surface area contributed by atoms with E-state index in [1.807, 2.05) is 0 Å². The molecule has 0 saturated heterocycles. The van der Waals surface area contributed by atoms with Gasteiger partial charge in [-0.25, -0.2) is 0 Å². The van der Waals surface area contributed by atoms with E-state index in [1.54, 1.807) is 5.57 Å². The highest BCUT2D eigenvalue weighted by Gasteiger charge is 2.18. The predicted octanol–water partition coefficient (Wildman–Crippen LogP) is 6.87. The van der Waals surface area contributed by atoms with Crippen LogP contribution in [-0.4, -0.2) is 55.6 Å². The van der Waals surface area contributed by atoms with Crippen molar-refractivity contribution in [2.45, 2.75) is 52.5 Å². The summed E-state index contributed by atoms with van der Waals surface area (Å²) < 4.78 is 2.43. The molecule has 0 saturated carbocycles. The van der Waals surface area contributed by atoms with Gasteiger partial charge in [0.2, 0.25) is 0 Å². The summed E-state index contributed by atoms with van der Waals surface area (Å²) in [5.41, 5.74) is 8.60. The van der Waals surface area contributed by atoms with Crippen molar-refractivity contribution in [1.29, 1.82) is 0 Å². The Bertz CT molecular complexity index is 1060. The minimum absolute atomic E-state index is 0.596. The molecule has 3 rings (SSSR count). The van der Waals surface area contributed by atoms with Gasteiger partial charge in [-0.05, 0) is 101 Å². The van der Waals surface area contributed by atoms with Gasteiger partial charge >= 0.3 is 0 Å². The van der Waals surface area contributed by atoms with Gasteiger partial charge in [0, 0.05) is 36.7 Å². The second-order valence-electron chi connectivity index (χ2n) is 10.5. The third-order valence-electron chi connectivity index (χ3n) is 6.99. The Balaban J connectivity index is 1.70. The van der Waals surface area contributed by atoms with E-state index in [2.05, 4.69) is 112 Å². The van der Waals surface area contributed by atoms with Gasteiger partial charge in [0.15, 0.2) is 0 Å². The highest BCUT2D eigenvalue weighted by Crippen LogP contribution is 2.33. The van der Waals surface area contributed by atoms with E-state index in [0.29, 0.717) is 5.92 Å². The van der Waals surface area contributed by atoms with Crippen LogP contribution in [0.4, 0.5) is 0 Å². The molecule has 3 nitrogen and oxygen atoms in total. The summed E-state index contributed by atoms with van der Waals surface area (Å²) in [6.07, 6.45) is 14.8. The topological polar surface area (TPSA) is 11.4 Å². The van der Waals surface area contributed by atoms with E-state index in [-0.39, 0.29) is 0 Å². The molecule has 0 radical (unpaired) electrons. The molecule has 0 amide bonds. The molecular weight excluding hydrogens is 414 g/mol. The first kappa shape index (κ1) is 26.2. The zero-order valence-corrected chi connectivity index (χ0v) is 22.4. The molecule has 2 aromatic rings. The van der Waals surface area contributed by atoms with E-state index in [4.69, 9.17) is 0 Å². The molecule has 0 fully saturated rings. The minimum Gasteiger partial charge on any atom is -0.347 e. The molecular formula is C31H45N3. The molecule has 34 heavy (non-hydrogen) atoms. The number of aromatic nitrogens is 1. The van der Waals surface area contributed by atoms with Gasteiger partial charge in [-0.2, -0.15) is 0 Å². The highest BCUT2D eigenvalue weighted by molar-refractivity contribution is 5.84. The number of allylic oxidation sites excluding steroid dienone is 6. The van der Waals surface area contributed by atoms with Crippen LogP contribution >= 0.6 is 0 Å². The van der Waals surface area contributed by atoms with E-state index >= 15 is 0 Å². The fourth-order valence-corrected chi connectivity index (χ4v) is 5.00. The van der Waals surface area contributed by atoms with Gasteiger partial charge < -0.3 is 14.4 Å². The lowest BCUT2D eigenvalue weighted by molar-refractivity contribution is 0.412. The van der Waals surface area contributed by atoms with Gasteiger partial charge in [0.05, 0.1) is 0 Å². The molecule has 1 aromatic heterocycles. The molecule has 1 atom stereocenters. The lowest BCUT2D eigenvalue weighted by Crippen LogP contribution is -2.16. The largest absolute Gasteiger partial charge is 0.347 e. The van der Waals surface area contributed by atoms with Crippen molar-refractivity contribution in [3.05, 3.63) is 83.1 Å². The summed E-state index contributed by atoms with van der Waals surface area (Å²) in [5.74, 6) is 0.596. The molecule has 184 valence electrons. The molecule has 1 aromatic carbocycles. The number of fused-ring (bicyclic) bond motifs is 1. The second-order valence-corrected chi connectivity index (χ2v) is 10.5. The van der Waals surface area contributed by atoms with Gasteiger partial charge in [0.1, 0.15) is 0 Å². The van der Waals surface area contributed by atoms with Crippen molar-refractivity contribution < 1.29 is 0 Å². The predicted molar refractivity (Wildman–Crippen MR) is 149 cm³/mol. The summed E-state index contributed by atoms with van der Waals surface area (Å²) in [6, 6.07) is 8.83. The van der Waals surface area contributed by atoms with Crippen molar-refractivity contribution >= 4 is 10.9 Å². The third kappa shape index (κ3) is 7.07. The molecule has 0 N–H and O–H groups in total. The molecule has 0 aliphatic heterocycles. The Morgan fingerprint density at radius 3 is 2.53 bits per heavy atom. The first-order valence-corrected chi connectivity index (χ1v) is 12.9. The molecule has 0 bridgehead atoms. The lowest BCUT2D eigenvalue weighted by Gasteiger charge is -2.25. The number of nitrogens with zero attached hydrogens (tertiary/aromatic N) is 3. The van der Waals surface area contributed by atoms with Gasteiger partial charge in [-0.3, -0.25) is 0 Å². The van der Waals surface area contributed by atoms with E-state index in [0.717, 1.165) is 51.7 Å². The fourth-order valence-electron chi connectivity index (χ4n) is 5.00. The molecule has 1 heterocycles. The van der Waals surface area contributed by atoms with Gasteiger partial charge in [-0.15, -0.1) is 0 Å². The number of rotatable bonds is 12. The van der Waals surface area contributed by atoms with Crippen LogP contribution in [0.1, 0.15) is 45.1 Å². The molecule has 1 aliphatic carbocycles. The van der Waals surface area contributed by atoms with Crippen LogP contribution in [0.2, 0.25) is 0 Å². The van der Waals surface area contributed by atoms with Crippen molar-refractivity contribution in [2.24, 2.45) is 5.92 Å². The number of aryl methyl sites for hydroxylation is 1. The summed E-state index contributed by atoms with van der Waals surface area (Å²) >= 11 is 0. The number of benzene rings is 1. The highest BCUT2D eigenvalue weighted by atomic mass is 15.1. The van der Waals surface area contributed by atoms with Crippen molar-refractivity contribution in [3.63, 3.8) is 0 Å². The van der Waals surface area contributed by atoms with Gasteiger partial charge in [0.25, 0.3) is 0 Å². The Hall–Kier alpha value is -2.36. The summed E-state index contributed by atoms with van der Waals surface area (Å²) in [6.45, 7) is 12.2. The number of hydrogen-bond donors (Lipinski definition) is 0. The number of hydrogen-bond acceptors (Lipinski definition) is 2. The summed E-state index contributed by atoms with van der Waals surface area (Å²) in [7, 11) is 8.61. The van der Waals surface area contributed by atoms with Crippen LogP contribution in [0.3, 0.4) is 0 Å². The SMILES string of the molecule is C=C(CC=C(CCN(C)C)C1=C(C)C=CCC1C)CCn1cc(CCN(C)C)c2ccccc21. The van der Waals surface area contributed by atoms with Gasteiger partial charge in [-0.1, -0.05) is 55.5 Å². The Morgan fingerprint density at radius 2 is 1.82 bits per heavy atom. The Kier molecular flexibility index (Phi) is 9.55. The number of para-hydroxylation sites is 1. The smallest absolute Gasteiger partial charge is 0.0483 e. The second kappa shape index (κ2) is 12.4. The minimum atomic E-state index is 0.596. The standard InChI is InChI=1S/C31H45N3/c1-24(15-16-27(18-20-32(4)5)31-25(2)11-10-12-26(31)3)17-22-34-23-28(19-21-33(6)7)29-13-8-9-14-30(29)34/h8-11,13-14,16,23,26H,1,12,15,17-22H2,2-7H3. The van der Waals surface area contributed by atoms with Crippen LogP contribution in [-0.2, 0) is 13.0 Å². The van der Waals surface area contributed by atoms with Crippen LogP contribution in [0.5, 0.6) is 0 Å². The van der Waals surface area contributed by atoms with E-state index < -0.39 is 0 Å². The summed E-state index contributed by atoms with van der Waals surface area (Å²) in [5, 5.41) is 1.39. The van der Waals surface area contributed by atoms with Crippen LogP contribution < -0.4 is 0 Å². The van der Waals surface area contributed by atoms with E-state index in [9.17, 15) is 0 Å². The van der Waals surface area contributed by atoms with Crippen molar-refractivity contribution in [1.82, 2.24) is 14.4 Å². The number of likely N-dealkylation sites (N-methyl/N-ethyl adjacent to an activating group) is 1. The first-order valence-electron chi connectivity index (χ1n) is 12.9. The van der Waals surface area contributed by atoms with Crippen LogP contribution in [0.25, 0.3) is 10.9 Å². The van der Waals surface area contributed by atoms with Crippen LogP contribution in [0.15, 0.2) is 77.6 Å². The Morgan fingerprint density at radius 1 is 1.09 bits per heavy atom. The van der Waals surface area contributed by atoms with Crippen molar-refractivity contribution in [3.8, 4) is 0 Å². The average Bonchev–Trinajstić information content (AvgIpc) is 3.15. The summed E-state index contributed by atoms with van der Waals surface area (Å²) in [4.78, 5) is 4.54. The monoisotopic (exact) mass is 459 g/mol. The van der Waals surface area contributed by atoms with E-state index in [1.165, 1.54) is 33.2 Å². The molecule has 1 aliphatic rings. The average molecular weight is 460 g/mol. The zero-order valence-electron chi connectivity index (χ0n) is 22.4. The zero-order chi connectivity index (χ0) is 24.7. The quantitative estimate of drug-likeness (QED) is 0.321. The fraction of sp³-hybridized carbons (Fsp3) is 0.484. The van der Waals surface area contributed by atoms with Crippen LogP contribution in [0, 0.1) is 5.92 Å². The van der Waals surface area contributed by atoms with Crippen molar-refractivity contribution in [2.75, 3.05) is 41.3 Å².